The van der Waals surface area contributed by atoms with Gasteiger partial charge in [-0.3, -0.25) is 4.79 Å². The van der Waals surface area contributed by atoms with Gasteiger partial charge in [-0.1, -0.05) is 29.5 Å². The Morgan fingerprint density at radius 2 is 1.72 bits per heavy atom. The zero-order valence-corrected chi connectivity index (χ0v) is 18.3. The van der Waals surface area contributed by atoms with E-state index in [9.17, 15) is 9.18 Å². The van der Waals surface area contributed by atoms with Crippen molar-refractivity contribution in [2.45, 2.75) is 6.92 Å². The number of hydrogen-bond donors (Lipinski definition) is 0. The summed E-state index contributed by atoms with van der Waals surface area (Å²) in [6.07, 6.45) is 3.54. The van der Waals surface area contributed by atoms with Gasteiger partial charge in [0.25, 0.3) is 0 Å². The maximum atomic E-state index is 13.3. The molecule has 158 valence electrons. The van der Waals surface area contributed by atoms with Gasteiger partial charge in [0, 0.05) is 24.4 Å². The number of ketones is 1. The summed E-state index contributed by atoms with van der Waals surface area (Å²) >= 11 is 1.57. The van der Waals surface area contributed by atoms with E-state index in [-0.39, 0.29) is 11.6 Å². The molecule has 0 N–H and O–H groups in total. The van der Waals surface area contributed by atoms with Crippen LogP contribution in [-0.4, -0.2) is 21.0 Å². The molecule has 2 aromatic carbocycles. The molecule has 5 nitrogen and oxygen atoms in total. The third-order valence-corrected chi connectivity index (χ3v) is 6.61. The van der Waals surface area contributed by atoms with Crippen molar-refractivity contribution in [1.29, 1.82) is 0 Å². The molecule has 0 aliphatic carbocycles. The van der Waals surface area contributed by atoms with Crippen molar-refractivity contribution in [2.75, 3.05) is 0 Å². The van der Waals surface area contributed by atoms with Crippen LogP contribution in [0.15, 0.2) is 83.1 Å². The number of benzene rings is 2. The minimum absolute atomic E-state index is 0.170. The maximum Gasteiger partial charge on any atom is 0.211 e. The molecule has 5 rings (SSSR count). The van der Waals surface area contributed by atoms with Crippen LogP contribution in [0.1, 0.15) is 27.2 Å². The number of aromatic nitrogens is 2. The lowest BCUT2D eigenvalue weighted by Crippen LogP contribution is -2.08. The number of carbonyl (C=O) groups is 1. The third-order valence-electron chi connectivity index (χ3n) is 5.50. The summed E-state index contributed by atoms with van der Waals surface area (Å²) < 4.78 is 18.3. The van der Waals surface area contributed by atoms with Crippen LogP contribution in [-0.2, 0) is 7.05 Å². The number of pyridine rings is 1. The van der Waals surface area contributed by atoms with E-state index in [0.29, 0.717) is 11.3 Å². The molecule has 0 aliphatic heterocycles. The van der Waals surface area contributed by atoms with Gasteiger partial charge in [0.2, 0.25) is 10.6 Å². The lowest BCUT2D eigenvalue weighted by Gasteiger charge is -2.04. The molecular weight excluding hydrogens is 423 g/mol. The Morgan fingerprint density at radius 1 is 1.00 bits per heavy atom. The van der Waals surface area contributed by atoms with E-state index in [4.69, 9.17) is 0 Å². The Hall–Kier alpha value is -3.84. The molecule has 0 radical (unpaired) electrons. The van der Waals surface area contributed by atoms with Gasteiger partial charge in [-0.2, -0.15) is 5.10 Å². The van der Waals surface area contributed by atoms with E-state index in [1.807, 2.05) is 65.5 Å². The highest BCUT2D eigenvalue weighted by Crippen LogP contribution is 2.24. The van der Waals surface area contributed by atoms with Crippen LogP contribution >= 0.6 is 11.3 Å². The van der Waals surface area contributed by atoms with Crippen LogP contribution in [0.5, 0.6) is 0 Å². The van der Waals surface area contributed by atoms with E-state index < -0.39 is 0 Å². The number of para-hydroxylation sites is 1. The topological polar surface area (TPSA) is 51.1 Å². The molecule has 7 heteroatoms. The lowest BCUT2D eigenvalue weighted by atomic mass is 10.0. The van der Waals surface area contributed by atoms with Crippen molar-refractivity contribution in [1.82, 2.24) is 8.97 Å². The van der Waals surface area contributed by atoms with Crippen molar-refractivity contribution in [2.24, 2.45) is 17.3 Å². The second kappa shape index (κ2) is 8.01. The molecule has 0 atom stereocenters. The molecule has 32 heavy (non-hydrogen) atoms. The number of carbonyl (C=O) groups excluding carboxylic acids is 1. The van der Waals surface area contributed by atoms with E-state index in [1.54, 1.807) is 17.6 Å². The van der Waals surface area contributed by atoms with Crippen molar-refractivity contribution < 1.29 is 9.18 Å². The number of fused-ring (bicyclic) bond motifs is 2. The Labute approximate surface area is 187 Å². The number of thiazole rings is 1. The van der Waals surface area contributed by atoms with Gasteiger partial charge >= 0.3 is 0 Å². The highest BCUT2D eigenvalue weighted by atomic mass is 32.1. The number of aryl methyl sites for hydroxylation is 1. The fourth-order valence-electron chi connectivity index (χ4n) is 3.85. The van der Waals surface area contributed by atoms with Gasteiger partial charge < -0.3 is 8.97 Å². The normalized spacial score (nSPS) is 12.4. The van der Waals surface area contributed by atoms with Crippen LogP contribution < -0.4 is 4.80 Å². The number of halogens is 1. The number of nitrogens with zero attached hydrogens (tertiary/aromatic N) is 4. The van der Waals surface area contributed by atoms with Crippen LogP contribution in [0, 0.1) is 12.7 Å². The Kier molecular flexibility index (Phi) is 5.03. The van der Waals surface area contributed by atoms with E-state index in [2.05, 4.69) is 16.3 Å². The molecule has 3 heterocycles. The zero-order chi connectivity index (χ0) is 22.2. The molecular formula is C25H19FN4OS. The molecule has 0 amide bonds. The average molecular weight is 443 g/mol. The summed E-state index contributed by atoms with van der Waals surface area (Å²) in [6, 6.07) is 19.4. The maximum absolute atomic E-state index is 13.3. The van der Waals surface area contributed by atoms with E-state index in [0.717, 1.165) is 31.7 Å². The Morgan fingerprint density at radius 3 is 2.50 bits per heavy atom. The Balaban J connectivity index is 1.60. The summed E-state index contributed by atoms with van der Waals surface area (Å²) in [5.41, 5.74) is 4.54. The fourth-order valence-corrected chi connectivity index (χ4v) is 4.83. The molecule has 5 aromatic rings. The van der Waals surface area contributed by atoms with Crippen LogP contribution in [0.25, 0.3) is 15.7 Å². The van der Waals surface area contributed by atoms with Crippen molar-refractivity contribution >= 4 is 39.1 Å². The predicted molar refractivity (Wildman–Crippen MR) is 126 cm³/mol. The third kappa shape index (κ3) is 3.36. The average Bonchev–Trinajstić information content (AvgIpc) is 3.28. The fraction of sp³-hybridized carbons (Fsp3) is 0.0800. The van der Waals surface area contributed by atoms with Crippen molar-refractivity contribution in [3.05, 3.63) is 106 Å². The van der Waals surface area contributed by atoms with Crippen LogP contribution in [0.4, 0.5) is 4.39 Å². The summed E-state index contributed by atoms with van der Waals surface area (Å²) in [4.78, 5) is 14.0. The van der Waals surface area contributed by atoms with Gasteiger partial charge in [-0.05, 0) is 61.0 Å². The van der Waals surface area contributed by atoms with Gasteiger partial charge in [-0.15, -0.1) is 5.10 Å². The largest absolute Gasteiger partial charge is 0.318 e. The molecule has 0 saturated carbocycles. The molecule has 0 aliphatic rings. The monoisotopic (exact) mass is 442 g/mol. The number of hydrogen-bond acceptors (Lipinski definition) is 4. The molecule has 0 fully saturated rings. The SMILES string of the molecule is Cc1c(/C=N/N=c2/sc3ccccc3n2C)c2ccccn2c1C(=O)c1ccc(F)cc1. The number of rotatable bonds is 4. The molecule has 3 aromatic heterocycles. The molecule has 0 unspecified atom stereocenters. The van der Waals surface area contributed by atoms with Gasteiger partial charge in [0.05, 0.1) is 27.6 Å². The quantitative estimate of drug-likeness (QED) is 0.217. The van der Waals surface area contributed by atoms with Gasteiger partial charge in [0.15, 0.2) is 0 Å². The summed E-state index contributed by atoms with van der Waals surface area (Å²) in [5, 5.41) is 8.77. The first-order valence-electron chi connectivity index (χ1n) is 10.1. The smallest absolute Gasteiger partial charge is 0.211 e. The van der Waals surface area contributed by atoms with Gasteiger partial charge in [-0.25, -0.2) is 4.39 Å². The highest BCUT2D eigenvalue weighted by Gasteiger charge is 2.20. The second-order valence-corrected chi connectivity index (χ2v) is 8.44. The molecule has 0 spiro atoms. The first-order chi connectivity index (χ1) is 15.5. The molecule has 0 saturated heterocycles. The van der Waals surface area contributed by atoms with Crippen molar-refractivity contribution in [3.8, 4) is 0 Å². The minimum atomic E-state index is -0.373. The Bertz CT molecular complexity index is 1570. The summed E-state index contributed by atoms with van der Waals surface area (Å²) in [5.74, 6) is -0.543. The highest BCUT2D eigenvalue weighted by molar-refractivity contribution is 7.16. The van der Waals surface area contributed by atoms with E-state index >= 15 is 0 Å². The lowest BCUT2D eigenvalue weighted by molar-refractivity contribution is 0.103. The van der Waals surface area contributed by atoms with Crippen LogP contribution in [0.2, 0.25) is 0 Å². The minimum Gasteiger partial charge on any atom is -0.318 e. The first-order valence-corrected chi connectivity index (χ1v) is 10.9. The van der Waals surface area contributed by atoms with E-state index in [1.165, 1.54) is 24.3 Å². The van der Waals surface area contributed by atoms with Gasteiger partial charge in [0.1, 0.15) is 5.82 Å². The first kappa shape index (κ1) is 20.1. The summed E-state index contributed by atoms with van der Waals surface area (Å²) in [7, 11) is 1.96. The second-order valence-electron chi connectivity index (χ2n) is 7.44. The predicted octanol–water partition coefficient (Wildman–Crippen LogP) is 5.11. The zero-order valence-electron chi connectivity index (χ0n) is 17.5. The standard InChI is InChI=1S/C25H19FN4OS/c1-16-19(15-27-28-25-29(2)21-8-3-4-9-22(21)32-25)20-7-5-6-14-30(20)23(16)24(31)17-10-12-18(26)13-11-17/h3-15H,1-2H3/b27-15+,28-25+. The van der Waals surface area contributed by atoms with Crippen LogP contribution in [0.3, 0.4) is 0 Å². The molecule has 0 bridgehead atoms. The summed E-state index contributed by atoms with van der Waals surface area (Å²) in [6.45, 7) is 1.89. The van der Waals surface area contributed by atoms with Crippen molar-refractivity contribution in [3.63, 3.8) is 0 Å².